The minimum absolute atomic E-state index is 0.143. The third-order valence-corrected chi connectivity index (χ3v) is 7.55. The molecule has 10 heteroatoms. The van der Waals surface area contributed by atoms with Crippen LogP contribution >= 0.6 is 23.2 Å². The number of pyridine rings is 1. The molecule has 0 N–H and O–H groups in total. The summed E-state index contributed by atoms with van der Waals surface area (Å²) in [5.41, 5.74) is 0.965. The van der Waals surface area contributed by atoms with Gasteiger partial charge in [-0.25, -0.2) is 8.42 Å². The molecule has 4 rings (SSSR count). The number of rotatable bonds is 5. The Labute approximate surface area is 211 Å². The molecule has 0 bridgehead atoms. The highest BCUT2D eigenvalue weighted by Gasteiger charge is 2.24. The van der Waals surface area contributed by atoms with Crippen molar-refractivity contribution >= 4 is 44.8 Å². The third kappa shape index (κ3) is 4.80. The van der Waals surface area contributed by atoms with E-state index in [1.54, 1.807) is 50.2 Å². The van der Waals surface area contributed by atoms with Gasteiger partial charge in [0.25, 0.3) is 5.56 Å². The monoisotopic (exact) mass is 525 g/mol. The van der Waals surface area contributed by atoms with E-state index in [1.165, 1.54) is 34.9 Å². The summed E-state index contributed by atoms with van der Waals surface area (Å²) >= 11 is 12.0. The van der Waals surface area contributed by atoms with Crippen molar-refractivity contribution < 1.29 is 13.2 Å². The maximum Gasteiger partial charge on any atom is 0.269 e. The molecular weight excluding hydrogens is 509 g/mol. The number of benzene rings is 2. The van der Waals surface area contributed by atoms with Crippen molar-refractivity contribution in [1.29, 1.82) is 5.26 Å². The van der Waals surface area contributed by atoms with Gasteiger partial charge in [-0.05, 0) is 79.6 Å². The molecule has 0 radical (unpaired) electrons. The highest BCUT2D eigenvalue weighted by atomic mass is 35.5. The van der Waals surface area contributed by atoms with Crippen LogP contribution in [0.4, 0.5) is 0 Å². The Balaban J connectivity index is 1.96. The van der Waals surface area contributed by atoms with E-state index in [0.717, 1.165) is 11.6 Å². The smallest absolute Gasteiger partial charge is 0.269 e. The van der Waals surface area contributed by atoms with Crippen molar-refractivity contribution in [3.05, 3.63) is 103 Å². The van der Waals surface area contributed by atoms with E-state index in [4.69, 9.17) is 27.9 Å². The van der Waals surface area contributed by atoms with Gasteiger partial charge in [-0.3, -0.25) is 9.20 Å². The molecule has 0 spiro atoms. The second-order valence-electron chi connectivity index (χ2n) is 7.61. The first-order chi connectivity index (χ1) is 16.6. The second kappa shape index (κ2) is 9.55. The topological polar surface area (TPSA) is 102 Å². The number of halogens is 2. The first-order valence-corrected chi connectivity index (χ1v) is 12.4. The number of aromatic nitrogens is 2. The molecule has 0 amide bonds. The fourth-order valence-electron chi connectivity index (χ4n) is 3.33. The summed E-state index contributed by atoms with van der Waals surface area (Å²) in [6, 6.07) is 15.4. The lowest BCUT2D eigenvalue weighted by Gasteiger charge is -2.12. The van der Waals surface area contributed by atoms with Crippen molar-refractivity contribution in [1.82, 2.24) is 9.38 Å². The van der Waals surface area contributed by atoms with E-state index in [0.29, 0.717) is 27.0 Å². The Morgan fingerprint density at radius 3 is 2.46 bits per heavy atom. The summed E-state index contributed by atoms with van der Waals surface area (Å²) in [7, 11) is -4.25. The van der Waals surface area contributed by atoms with Gasteiger partial charge in [0.05, 0.1) is 4.90 Å². The van der Waals surface area contributed by atoms with Crippen LogP contribution in [-0.4, -0.2) is 17.8 Å². The van der Waals surface area contributed by atoms with Crippen LogP contribution in [0.15, 0.2) is 75.4 Å². The Kier molecular flexibility index (Phi) is 6.68. The fraction of sp³-hybridized carbons (Fsp3) is 0.0800. The summed E-state index contributed by atoms with van der Waals surface area (Å²) in [5, 5.41) is 10.6. The lowest BCUT2D eigenvalue weighted by molar-refractivity contribution is 0.460. The zero-order chi connectivity index (χ0) is 25.3. The highest BCUT2D eigenvalue weighted by Crippen LogP contribution is 2.29. The van der Waals surface area contributed by atoms with Crippen LogP contribution in [0.5, 0.6) is 11.6 Å². The van der Waals surface area contributed by atoms with Gasteiger partial charge in [0.2, 0.25) is 15.7 Å². The van der Waals surface area contributed by atoms with Gasteiger partial charge in [0, 0.05) is 16.2 Å². The van der Waals surface area contributed by atoms with Crippen molar-refractivity contribution in [2.24, 2.45) is 0 Å². The molecule has 2 aromatic heterocycles. The van der Waals surface area contributed by atoms with Crippen LogP contribution in [0.25, 0.3) is 11.7 Å². The second-order valence-corrected chi connectivity index (χ2v) is 10.4. The highest BCUT2D eigenvalue weighted by molar-refractivity contribution is 7.95. The average Bonchev–Trinajstić information content (AvgIpc) is 2.82. The molecule has 0 unspecified atom stereocenters. The van der Waals surface area contributed by atoms with Crippen LogP contribution in [0, 0.1) is 25.2 Å². The Morgan fingerprint density at radius 2 is 1.80 bits per heavy atom. The van der Waals surface area contributed by atoms with E-state index in [-0.39, 0.29) is 16.3 Å². The standard InChI is InChI=1S/C25H17Cl2N3O4S/c1-15-4-3-11-30-23(15)29-24(34-18-7-10-22(27)16(2)12-18)21(25(30)31)13-20(14-28)35(32,33)19-8-5-17(26)6-9-19/h3-13H,1-2H3. The third-order valence-electron chi connectivity index (χ3n) is 5.19. The maximum absolute atomic E-state index is 13.4. The number of hydrogen-bond acceptors (Lipinski definition) is 6. The van der Waals surface area contributed by atoms with Crippen LogP contribution in [0.3, 0.4) is 0 Å². The molecular formula is C25H17Cl2N3O4S. The van der Waals surface area contributed by atoms with E-state index < -0.39 is 20.3 Å². The van der Waals surface area contributed by atoms with Crippen LogP contribution in [-0.2, 0) is 9.84 Å². The lowest BCUT2D eigenvalue weighted by atomic mass is 10.2. The Morgan fingerprint density at radius 1 is 1.09 bits per heavy atom. The van der Waals surface area contributed by atoms with Gasteiger partial charge in [0.1, 0.15) is 27.9 Å². The average molecular weight is 526 g/mol. The predicted octanol–water partition coefficient (Wildman–Crippen LogP) is 5.75. The van der Waals surface area contributed by atoms with Gasteiger partial charge in [-0.1, -0.05) is 29.3 Å². The molecule has 0 aliphatic heterocycles. The summed E-state index contributed by atoms with van der Waals surface area (Å²) < 4.78 is 33.5. The molecule has 35 heavy (non-hydrogen) atoms. The summed E-state index contributed by atoms with van der Waals surface area (Å²) in [5.74, 6) is 0.190. The molecule has 7 nitrogen and oxygen atoms in total. The molecule has 2 aromatic carbocycles. The number of hydrogen-bond donors (Lipinski definition) is 0. The van der Waals surface area contributed by atoms with Crippen molar-refractivity contribution in [3.63, 3.8) is 0 Å². The molecule has 0 saturated heterocycles. The number of allylic oxidation sites excluding steroid dienone is 1. The van der Waals surface area contributed by atoms with E-state index in [1.807, 2.05) is 0 Å². The van der Waals surface area contributed by atoms with Gasteiger partial charge < -0.3 is 4.74 Å². The molecule has 0 atom stereocenters. The number of nitriles is 1. The van der Waals surface area contributed by atoms with Gasteiger partial charge in [-0.15, -0.1) is 0 Å². The number of aryl methyl sites for hydroxylation is 2. The molecule has 0 aliphatic carbocycles. The van der Waals surface area contributed by atoms with E-state index in [2.05, 4.69) is 4.98 Å². The van der Waals surface area contributed by atoms with Crippen LogP contribution in [0.1, 0.15) is 16.7 Å². The predicted molar refractivity (Wildman–Crippen MR) is 135 cm³/mol. The SMILES string of the molecule is Cc1cc(Oc2nc3c(C)cccn3c(=O)c2C=C(C#N)S(=O)(=O)c2ccc(Cl)cc2)ccc1Cl. The molecule has 2 heterocycles. The normalized spacial score (nSPS) is 11.9. The zero-order valence-corrected chi connectivity index (χ0v) is 20.8. The van der Waals surface area contributed by atoms with E-state index in [9.17, 15) is 18.5 Å². The van der Waals surface area contributed by atoms with Crippen LogP contribution in [0.2, 0.25) is 10.0 Å². The first-order valence-electron chi connectivity index (χ1n) is 10.2. The quantitative estimate of drug-likeness (QED) is 0.307. The van der Waals surface area contributed by atoms with E-state index >= 15 is 0 Å². The number of nitrogens with zero attached hydrogens (tertiary/aromatic N) is 3. The zero-order valence-electron chi connectivity index (χ0n) is 18.5. The number of fused-ring (bicyclic) bond motifs is 1. The largest absolute Gasteiger partial charge is 0.438 e. The molecule has 4 aromatic rings. The van der Waals surface area contributed by atoms with Crippen molar-refractivity contribution in [2.45, 2.75) is 18.7 Å². The molecule has 0 saturated carbocycles. The molecule has 0 fully saturated rings. The summed E-state index contributed by atoms with van der Waals surface area (Å²) in [4.78, 5) is 17.1. The number of ether oxygens (including phenoxy) is 1. The van der Waals surface area contributed by atoms with Gasteiger partial charge in [0.15, 0.2) is 0 Å². The summed E-state index contributed by atoms with van der Waals surface area (Å²) in [6.45, 7) is 3.56. The summed E-state index contributed by atoms with van der Waals surface area (Å²) in [6.07, 6.45) is 2.48. The minimum Gasteiger partial charge on any atom is -0.438 e. The Bertz CT molecular complexity index is 1700. The Hall–Kier alpha value is -3.64. The van der Waals surface area contributed by atoms with Crippen LogP contribution < -0.4 is 10.3 Å². The minimum atomic E-state index is -4.25. The fourth-order valence-corrected chi connectivity index (χ4v) is 4.71. The number of sulfone groups is 1. The van der Waals surface area contributed by atoms with Crippen molar-refractivity contribution in [2.75, 3.05) is 0 Å². The van der Waals surface area contributed by atoms with Crippen molar-refractivity contribution in [3.8, 4) is 17.7 Å². The molecule has 0 aliphatic rings. The lowest BCUT2D eigenvalue weighted by Crippen LogP contribution is -2.20. The first kappa shape index (κ1) is 24.5. The van der Waals surface area contributed by atoms with Gasteiger partial charge in [-0.2, -0.15) is 10.2 Å². The molecule has 176 valence electrons. The van der Waals surface area contributed by atoms with Gasteiger partial charge >= 0.3 is 0 Å². The maximum atomic E-state index is 13.4.